The van der Waals surface area contributed by atoms with Crippen LogP contribution in [0.4, 0.5) is 0 Å². The number of halogens is 2. The number of hydrogen-bond donors (Lipinski definition) is 1. The van der Waals surface area contributed by atoms with E-state index in [0.717, 1.165) is 22.0 Å². The Balaban J connectivity index is 1.62. The van der Waals surface area contributed by atoms with Crippen molar-refractivity contribution in [1.29, 1.82) is 0 Å². The normalized spacial score (nSPS) is 12.2. The standard InChI is InChI=1S/C20H21Cl2N3O/c1-14(16-4-3-5-17(21)11-16)24-12-15-6-7-18(22)19(10-15)26-13-20-23-8-9-25(20)2/h3-11,14,24H,12-13H2,1-2H3/t14-/m1/s1. The molecule has 0 amide bonds. The van der Waals surface area contributed by atoms with Gasteiger partial charge < -0.3 is 14.6 Å². The maximum Gasteiger partial charge on any atom is 0.146 e. The van der Waals surface area contributed by atoms with Crippen molar-refractivity contribution in [3.05, 3.63) is 81.9 Å². The molecule has 1 atom stereocenters. The van der Waals surface area contributed by atoms with Crippen LogP contribution in [0.1, 0.15) is 29.9 Å². The van der Waals surface area contributed by atoms with Crippen LogP contribution < -0.4 is 10.1 Å². The molecule has 0 aliphatic carbocycles. The summed E-state index contributed by atoms with van der Waals surface area (Å²) in [7, 11) is 1.94. The average molecular weight is 390 g/mol. The first-order chi connectivity index (χ1) is 12.5. The van der Waals surface area contributed by atoms with Crippen LogP contribution in [0, 0.1) is 0 Å². The fourth-order valence-corrected chi connectivity index (χ4v) is 2.98. The second kappa shape index (κ2) is 8.58. The van der Waals surface area contributed by atoms with Gasteiger partial charge in [0.25, 0.3) is 0 Å². The lowest BCUT2D eigenvalue weighted by Gasteiger charge is -2.15. The summed E-state index contributed by atoms with van der Waals surface area (Å²) in [6, 6.07) is 13.9. The molecule has 26 heavy (non-hydrogen) atoms. The second-order valence-electron chi connectivity index (χ2n) is 6.17. The van der Waals surface area contributed by atoms with Gasteiger partial charge in [0.15, 0.2) is 0 Å². The lowest BCUT2D eigenvalue weighted by Crippen LogP contribution is -2.18. The fourth-order valence-electron chi connectivity index (χ4n) is 2.61. The van der Waals surface area contributed by atoms with Gasteiger partial charge in [0, 0.05) is 37.1 Å². The van der Waals surface area contributed by atoms with E-state index < -0.39 is 0 Å². The van der Waals surface area contributed by atoms with Gasteiger partial charge in [-0.2, -0.15) is 0 Å². The largest absolute Gasteiger partial charge is 0.484 e. The van der Waals surface area contributed by atoms with Crippen LogP contribution in [0.25, 0.3) is 0 Å². The zero-order chi connectivity index (χ0) is 18.5. The molecule has 3 aromatic rings. The minimum atomic E-state index is 0.182. The molecule has 2 aromatic carbocycles. The average Bonchev–Trinajstić information content (AvgIpc) is 3.04. The van der Waals surface area contributed by atoms with Gasteiger partial charge in [-0.05, 0) is 42.3 Å². The number of hydrogen-bond acceptors (Lipinski definition) is 3. The Morgan fingerprint density at radius 3 is 2.77 bits per heavy atom. The van der Waals surface area contributed by atoms with E-state index in [1.165, 1.54) is 0 Å². The van der Waals surface area contributed by atoms with Gasteiger partial charge in [-0.3, -0.25) is 0 Å². The quantitative estimate of drug-likeness (QED) is 0.606. The molecule has 6 heteroatoms. The van der Waals surface area contributed by atoms with Crippen LogP contribution in [0.5, 0.6) is 5.75 Å². The number of rotatable bonds is 7. The van der Waals surface area contributed by atoms with Gasteiger partial charge >= 0.3 is 0 Å². The lowest BCUT2D eigenvalue weighted by atomic mass is 10.1. The van der Waals surface area contributed by atoms with Crippen LogP contribution in [0.2, 0.25) is 10.0 Å². The molecule has 0 bridgehead atoms. The van der Waals surface area contributed by atoms with Crippen molar-refractivity contribution in [2.75, 3.05) is 0 Å². The second-order valence-corrected chi connectivity index (χ2v) is 7.01. The van der Waals surface area contributed by atoms with Crippen molar-refractivity contribution in [2.24, 2.45) is 7.05 Å². The van der Waals surface area contributed by atoms with Gasteiger partial charge in [-0.1, -0.05) is 41.4 Å². The summed E-state index contributed by atoms with van der Waals surface area (Å²) in [4.78, 5) is 4.25. The van der Waals surface area contributed by atoms with Gasteiger partial charge in [-0.25, -0.2) is 4.98 Å². The van der Waals surface area contributed by atoms with Gasteiger partial charge in [-0.15, -0.1) is 0 Å². The molecule has 0 saturated heterocycles. The molecule has 1 N–H and O–H groups in total. The van der Waals surface area contributed by atoms with Crippen LogP contribution in [-0.4, -0.2) is 9.55 Å². The summed E-state index contributed by atoms with van der Waals surface area (Å²) in [6.45, 7) is 3.18. The molecule has 1 heterocycles. The highest BCUT2D eigenvalue weighted by Crippen LogP contribution is 2.27. The van der Waals surface area contributed by atoms with Crippen molar-refractivity contribution in [2.45, 2.75) is 26.1 Å². The van der Waals surface area contributed by atoms with E-state index in [1.54, 1.807) is 6.20 Å². The van der Waals surface area contributed by atoms with E-state index in [2.05, 4.69) is 23.3 Å². The number of ether oxygens (including phenoxy) is 1. The SMILES string of the molecule is C[C@@H](NCc1ccc(Cl)c(OCc2nccn2C)c1)c1cccc(Cl)c1. The molecule has 4 nitrogen and oxygen atoms in total. The van der Waals surface area contributed by atoms with Crippen molar-refractivity contribution in [1.82, 2.24) is 14.9 Å². The summed E-state index contributed by atoms with van der Waals surface area (Å²) >= 11 is 12.3. The number of benzene rings is 2. The Morgan fingerprint density at radius 1 is 1.19 bits per heavy atom. The zero-order valence-corrected chi connectivity index (χ0v) is 16.3. The van der Waals surface area contributed by atoms with E-state index in [0.29, 0.717) is 23.9 Å². The molecule has 0 saturated carbocycles. The topological polar surface area (TPSA) is 39.1 Å². The Bertz CT molecular complexity index is 879. The summed E-state index contributed by atoms with van der Waals surface area (Å²) < 4.78 is 7.77. The van der Waals surface area contributed by atoms with E-state index in [1.807, 2.05) is 54.2 Å². The molecule has 0 unspecified atom stereocenters. The lowest BCUT2D eigenvalue weighted by molar-refractivity contribution is 0.291. The van der Waals surface area contributed by atoms with Crippen molar-refractivity contribution in [3.63, 3.8) is 0 Å². The molecule has 136 valence electrons. The minimum Gasteiger partial charge on any atom is -0.484 e. The van der Waals surface area contributed by atoms with E-state index in [9.17, 15) is 0 Å². The molecule has 3 rings (SSSR count). The number of nitrogens with zero attached hydrogens (tertiary/aromatic N) is 2. The van der Waals surface area contributed by atoms with Crippen LogP contribution in [0.3, 0.4) is 0 Å². The molecule has 0 fully saturated rings. The predicted octanol–water partition coefficient (Wildman–Crippen LogP) is 5.16. The number of aryl methyl sites for hydroxylation is 1. The third-order valence-corrected chi connectivity index (χ3v) is 4.78. The smallest absolute Gasteiger partial charge is 0.146 e. The van der Waals surface area contributed by atoms with Crippen LogP contribution in [0.15, 0.2) is 54.9 Å². The van der Waals surface area contributed by atoms with Crippen molar-refractivity contribution < 1.29 is 4.74 Å². The third kappa shape index (κ3) is 4.79. The first kappa shape index (κ1) is 18.8. The molecular formula is C20H21Cl2N3O. The Hall–Kier alpha value is -2.01. The molecule has 1 aromatic heterocycles. The maximum atomic E-state index is 6.26. The Morgan fingerprint density at radius 2 is 2.04 bits per heavy atom. The summed E-state index contributed by atoms with van der Waals surface area (Å²) in [5.41, 5.74) is 2.25. The highest BCUT2D eigenvalue weighted by molar-refractivity contribution is 6.32. The number of imidazole rings is 1. The molecule has 0 radical (unpaired) electrons. The molecule has 0 aliphatic rings. The van der Waals surface area contributed by atoms with Gasteiger partial charge in [0.2, 0.25) is 0 Å². The van der Waals surface area contributed by atoms with Crippen molar-refractivity contribution >= 4 is 23.2 Å². The fraction of sp³-hybridized carbons (Fsp3) is 0.250. The Kier molecular flexibility index (Phi) is 6.20. The first-order valence-corrected chi connectivity index (χ1v) is 9.15. The van der Waals surface area contributed by atoms with Gasteiger partial charge in [0.05, 0.1) is 5.02 Å². The van der Waals surface area contributed by atoms with E-state index >= 15 is 0 Å². The van der Waals surface area contributed by atoms with Crippen LogP contribution in [-0.2, 0) is 20.2 Å². The highest BCUT2D eigenvalue weighted by atomic mass is 35.5. The number of nitrogens with one attached hydrogen (secondary N) is 1. The molecular weight excluding hydrogens is 369 g/mol. The zero-order valence-electron chi connectivity index (χ0n) is 14.7. The Labute approximate surface area is 163 Å². The highest BCUT2D eigenvalue weighted by Gasteiger charge is 2.09. The van der Waals surface area contributed by atoms with E-state index in [-0.39, 0.29) is 6.04 Å². The van der Waals surface area contributed by atoms with E-state index in [4.69, 9.17) is 27.9 Å². The monoisotopic (exact) mass is 389 g/mol. The summed E-state index contributed by atoms with van der Waals surface area (Å²) in [5, 5.41) is 4.83. The number of aromatic nitrogens is 2. The molecule has 0 spiro atoms. The summed E-state index contributed by atoms with van der Waals surface area (Å²) in [5.74, 6) is 1.50. The minimum absolute atomic E-state index is 0.182. The van der Waals surface area contributed by atoms with Crippen molar-refractivity contribution in [3.8, 4) is 5.75 Å². The molecule has 0 aliphatic heterocycles. The summed E-state index contributed by atoms with van der Waals surface area (Å²) in [6.07, 6.45) is 3.63. The first-order valence-electron chi connectivity index (χ1n) is 8.39. The van der Waals surface area contributed by atoms with Gasteiger partial charge in [0.1, 0.15) is 18.2 Å². The van der Waals surface area contributed by atoms with Crippen LogP contribution >= 0.6 is 23.2 Å². The maximum absolute atomic E-state index is 6.26. The third-order valence-electron chi connectivity index (χ3n) is 4.23. The predicted molar refractivity (Wildman–Crippen MR) is 106 cm³/mol.